The number of carbonyl (C=O) groups excluding carboxylic acids is 1. The van der Waals surface area contributed by atoms with Crippen molar-refractivity contribution in [2.24, 2.45) is 0 Å². The highest BCUT2D eigenvalue weighted by Crippen LogP contribution is 2.15. The molecule has 0 aliphatic carbocycles. The molecule has 3 nitrogen and oxygen atoms in total. The third-order valence-electron chi connectivity index (χ3n) is 1.73. The number of carbonyl (C=O) groups is 1. The number of hydrogen-bond acceptors (Lipinski definition) is 2. The normalized spacial score (nSPS) is 12.3. The molecule has 2 N–H and O–H groups in total. The van der Waals surface area contributed by atoms with Crippen LogP contribution in [0.25, 0.3) is 6.08 Å². The molecule has 0 spiro atoms. The van der Waals surface area contributed by atoms with Crippen molar-refractivity contribution in [2.45, 2.75) is 19.4 Å². The SMILES string of the molecule is CC(C)(O)C(=O)/C=C/c1[nH]ccc1Cl. The van der Waals surface area contributed by atoms with Crippen molar-refractivity contribution in [3.05, 3.63) is 29.1 Å². The first kappa shape index (κ1) is 11.0. The molecule has 0 bridgehead atoms. The number of rotatable bonds is 3. The first-order valence-electron chi connectivity index (χ1n) is 4.19. The maximum Gasteiger partial charge on any atom is 0.186 e. The summed E-state index contributed by atoms with van der Waals surface area (Å²) in [6.07, 6.45) is 4.52. The van der Waals surface area contributed by atoms with Crippen LogP contribution in [-0.2, 0) is 4.79 Å². The molecular formula is C10H12ClNO2. The molecule has 0 amide bonds. The van der Waals surface area contributed by atoms with E-state index in [2.05, 4.69) is 4.98 Å². The van der Waals surface area contributed by atoms with Crippen LogP contribution in [0, 0.1) is 0 Å². The minimum absolute atomic E-state index is 0.358. The van der Waals surface area contributed by atoms with Gasteiger partial charge in [-0.25, -0.2) is 0 Å². The fourth-order valence-electron chi connectivity index (χ4n) is 0.854. The van der Waals surface area contributed by atoms with E-state index in [-0.39, 0.29) is 5.78 Å². The molecule has 0 aromatic carbocycles. The summed E-state index contributed by atoms with van der Waals surface area (Å²) in [4.78, 5) is 14.1. The van der Waals surface area contributed by atoms with Crippen molar-refractivity contribution in [1.82, 2.24) is 4.98 Å². The monoisotopic (exact) mass is 213 g/mol. The summed E-state index contributed by atoms with van der Waals surface area (Å²) < 4.78 is 0. The predicted octanol–water partition coefficient (Wildman–Crippen LogP) is 2.02. The smallest absolute Gasteiger partial charge is 0.186 e. The number of hydrogen-bond donors (Lipinski definition) is 2. The molecule has 0 saturated carbocycles. The Balaban J connectivity index is 2.75. The second kappa shape index (κ2) is 3.98. The van der Waals surface area contributed by atoms with Gasteiger partial charge < -0.3 is 10.1 Å². The van der Waals surface area contributed by atoms with Gasteiger partial charge >= 0.3 is 0 Å². The third kappa shape index (κ3) is 2.72. The van der Waals surface area contributed by atoms with Gasteiger partial charge in [-0.15, -0.1) is 0 Å². The van der Waals surface area contributed by atoms with E-state index < -0.39 is 5.60 Å². The van der Waals surface area contributed by atoms with Crippen LogP contribution in [0.3, 0.4) is 0 Å². The predicted molar refractivity (Wildman–Crippen MR) is 56.1 cm³/mol. The summed E-state index contributed by atoms with van der Waals surface area (Å²) >= 11 is 5.78. The highest BCUT2D eigenvalue weighted by Gasteiger charge is 2.20. The molecule has 1 heterocycles. The second-order valence-electron chi connectivity index (χ2n) is 3.50. The van der Waals surface area contributed by atoms with Crippen molar-refractivity contribution < 1.29 is 9.90 Å². The van der Waals surface area contributed by atoms with Crippen LogP contribution in [0.15, 0.2) is 18.3 Å². The molecular weight excluding hydrogens is 202 g/mol. The number of nitrogens with one attached hydrogen (secondary N) is 1. The molecule has 0 radical (unpaired) electrons. The zero-order chi connectivity index (χ0) is 10.8. The lowest BCUT2D eigenvalue weighted by molar-refractivity contribution is -0.128. The van der Waals surface area contributed by atoms with Gasteiger partial charge in [0.15, 0.2) is 5.78 Å². The average molecular weight is 214 g/mol. The van der Waals surface area contributed by atoms with Crippen molar-refractivity contribution in [2.75, 3.05) is 0 Å². The van der Waals surface area contributed by atoms with Crippen molar-refractivity contribution >= 4 is 23.5 Å². The number of aromatic amines is 1. The molecule has 1 aromatic heterocycles. The molecule has 0 saturated heterocycles. The molecule has 0 aliphatic heterocycles. The summed E-state index contributed by atoms with van der Waals surface area (Å²) in [6.45, 7) is 2.88. The summed E-state index contributed by atoms with van der Waals surface area (Å²) in [6, 6.07) is 1.69. The number of halogens is 1. The van der Waals surface area contributed by atoms with Crippen LogP contribution in [0.1, 0.15) is 19.5 Å². The van der Waals surface area contributed by atoms with E-state index in [1.165, 1.54) is 19.9 Å². The van der Waals surface area contributed by atoms with Gasteiger partial charge in [0.25, 0.3) is 0 Å². The maximum absolute atomic E-state index is 11.3. The van der Waals surface area contributed by atoms with Crippen LogP contribution >= 0.6 is 11.6 Å². The average Bonchev–Trinajstić information content (AvgIpc) is 2.45. The summed E-state index contributed by atoms with van der Waals surface area (Å²) in [5, 5.41) is 9.89. The van der Waals surface area contributed by atoms with Crippen LogP contribution in [0.5, 0.6) is 0 Å². The third-order valence-corrected chi connectivity index (χ3v) is 2.06. The lowest BCUT2D eigenvalue weighted by atomic mass is 10.0. The largest absolute Gasteiger partial charge is 0.382 e. The van der Waals surface area contributed by atoms with E-state index in [9.17, 15) is 9.90 Å². The number of H-pyrrole nitrogens is 1. The number of aliphatic hydroxyl groups is 1. The van der Waals surface area contributed by atoms with E-state index >= 15 is 0 Å². The van der Waals surface area contributed by atoms with Crippen LogP contribution < -0.4 is 0 Å². The first-order chi connectivity index (χ1) is 6.41. The minimum Gasteiger partial charge on any atom is -0.382 e. The van der Waals surface area contributed by atoms with Crippen LogP contribution in [0.4, 0.5) is 0 Å². The fraction of sp³-hybridized carbons (Fsp3) is 0.300. The fourth-order valence-corrected chi connectivity index (χ4v) is 1.03. The molecule has 4 heteroatoms. The molecule has 1 aromatic rings. The number of ketones is 1. The molecule has 0 fully saturated rings. The minimum atomic E-state index is -1.34. The van der Waals surface area contributed by atoms with Crippen molar-refractivity contribution in [1.29, 1.82) is 0 Å². The second-order valence-corrected chi connectivity index (χ2v) is 3.90. The van der Waals surface area contributed by atoms with E-state index in [0.29, 0.717) is 10.7 Å². The molecule has 0 atom stereocenters. The van der Waals surface area contributed by atoms with Gasteiger partial charge in [-0.05, 0) is 32.1 Å². The Morgan fingerprint density at radius 1 is 1.64 bits per heavy atom. The van der Waals surface area contributed by atoms with Gasteiger partial charge in [-0.1, -0.05) is 11.6 Å². The Bertz CT molecular complexity index is 360. The molecule has 0 aliphatic rings. The highest BCUT2D eigenvalue weighted by atomic mass is 35.5. The lowest BCUT2D eigenvalue weighted by Gasteiger charge is -2.11. The van der Waals surface area contributed by atoms with E-state index in [4.69, 9.17) is 11.6 Å². The van der Waals surface area contributed by atoms with Crippen molar-refractivity contribution in [3.8, 4) is 0 Å². The van der Waals surface area contributed by atoms with Crippen LogP contribution in [0.2, 0.25) is 5.02 Å². The molecule has 76 valence electrons. The van der Waals surface area contributed by atoms with Crippen LogP contribution in [-0.4, -0.2) is 21.5 Å². The Labute approximate surface area is 87.4 Å². The zero-order valence-electron chi connectivity index (χ0n) is 8.04. The Morgan fingerprint density at radius 2 is 2.29 bits per heavy atom. The summed E-state index contributed by atoms with van der Waals surface area (Å²) in [5.41, 5.74) is -0.681. The van der Waals surface area contributed by atoms with Gasteiger partial charge in [0, 0.05) is 6.20 Å². The lowest BCUT2D eigenvalue weighted by Crippen LogP contribution is -2.29. The summed E-state index contributed by atoms with van der Waals surface area (Å²) in [5.74, 6) is -0.358. The van der Waals surface area contributed by atoms with Gasteiger partial charge in [-0.3, -0.25) is 4.79 Å². The Morgan fingerprint density at radius 3 is 2.71 bits per heavy atom. The topological polar surface area (TPSA) is 53.1 Å². The molecule has 0 unspecified atom stereocenters. The van der Waals surface area contributed by atoms with Gasteiger partial charge in [0.2, 0.25) is 0 Å². The quantitative estimate of drug-likeness (QED) is 0.755. The van der Waals surface area contributed by atoms with Gasteiger partial charge in [-0.2, -0.15) is 0 Å². The Kier molecular flexibility index (Phi) is 3.13. The van der Waals surface area contributed by atoms with E-state index in [1.807, 2.05) is 0 Å². The molecule has 14 heavy (non-hydrogen) atoms. The zero-order valence-corrected chi connectivity index (χ0v) is 8.80. The maximum atomic E-state index is 11.3. The number of aromatic nitrogens is 1. The Hall–Kier alpha value is -1.06. The van der Waals surface area contributed by atoms with Gasteiger partial charge in [0.05, 0.1) is 10.7 Å². The standard InChI is InChI=1S/C10H12ClNO2/c1-10(2,14)9(13)4-3-8-7(11)5-6-12-8/h3-6,12,14H,1-2H3/b4-3+. The van der Waals surface area contributed by atoms with Crippen molar-refractivity contribution in [3.63, 3.8) is 0 Å². The first-order valence-corrected chi connectivity index (χ1v) is 4.57. The summed E-state index contributed by atoms with van der Waals surface area (Å²) in [7, 11) is 0. The van der Waals surface area contributed by atoms with E-state index in [1.54, 1.807) is 18.3 Å². The van der Waals surface area contributed by atoms with E-state index in [0.717, 1.165) is 0 Å². The highest BCUT2D eigenvalue weighted by molar-refractivity contribution is 6.32. The molecule has 1 rings (SSSR count). The van der Waals surface area contributed by atoms with Gasteiger partial charge in [0.1, 0.15) is 5.60 Å².